The minimum absolute atomic E-state index is 0.889. The third-order valence-corrected chi connectivity index (χ3v) is 0.652. The normalized spacial score (nSPS) is 18.3. The first kappa shape index (κ1) is 3.40. The quantitative estimate of drug-likeness (QED) is 0.451. The first-order chi connectivity index (χ1) is 2.89. The van der Waals surface area contributed by atoms with Crippen molar-refractivity contribution in [3.05, 3.63) is 12.3 Å². The fourth-order valence-corrected chi connectivity index (χ4v) is 0.338. The van der Waals surface area contributed by atoms with E-state index in [4.69, 9.17) is 0 Å². The van der Waals surface area contributed by atoms with Crippen LogP contribution in [0.2, 0.25) is 0 Å². The number of hydrogen-bond donors (Lipinski definition) is 1. The molecule has 32 valence electrons. The van der Waals surface area contributed by atoms with Crippen molar-refractivity contribution in [1.82, 2.24) is 5.43 Å². The molecule has 0 bridgehead atoms. The maximum Gasteiger partial charge on any atom is 0.0318 e. The summed E-state index contributed by atoms with van der Waals surface area (Å²) >= 11 is 0. The molecule has 6 heavy (non-hydrogen) atoms. The Kier molecular flexibility index (Phi) is 0.638. The van der Waals surface area contributed by atoms with E-state index < -0.39 is 0 Å². The molecular weight excluding hydrogens is 76.1 g/mol. The van der Waals surface area contributed by atoms with Crippen LogP contribution in [0.15, 0.2) is 17.4 Å². The van der Waals surface area contributed by atoms with Crippen LogP contribution in [0.4, 0.5) is 0 Å². The van der Waals surface area contributed by atoms with Gasteiger partial charge in [0.25, 0.3) is 0 Å². The molecule has 1 aliphatic rings. The maximum atomic E-state index is 3.69. The van der Waals surface area contributed by atoms with Gasteiger partial charge in [-0.1, -0.05) is 6.58 Å². The smallest absolute Gasteiger partial charge is 0.0318 e. The summed E-state index contributed by atoms with van der Waals surface area (Å²) < 4.78 is 0. The summed E-state index contributed by atoms with van der Waals surface area (Å²) in [5.74, 6) is 0. The zero-order valence-electron chi connectivity index (χ0n) is 3.44. The maximum absolute atomic E-state index is 3.69. The van der Waals surface area contributed by atoms with E-state index in [0.29, 0.717) is 0 Å². The van der Waals surface area contributed by atoms with Crippen LogP contribution >= 0.6 is 0 Å². The van der Waals surface area contributed by atoms with Gasteiger partial charge in [0.15, 0.2) is 0 Å². The largest absolute Gasteiger partial charge is 0.283 e. The zero-order chi connectivity index (χ0) is 4.41. The van der Waals surface area contributed by atoms with Gasteiger partial charge in [0.2, 0.25) is 0 Å². The van der Waals surface area contributed by atoms with Crippen LogP contribution in [0.25, 0.3) is 0 Å². The van der Waals surface area contributed by atoms with E-state index in [1.165, 1.54) is 0 Å². The summed E-state index contributed by atoms with van der Waals surface area (Å²) in [7, 11) is 0. The minimum Gasteiger partial charge on any atom is -0.283 e. The number of nitrogens with zero attached hydrogens (tertiary/aromatic N) is 1. The average molecular weight is 82.1 g/mol. The summed E-state index contributed by atoms with van der Waals surface area (Å²) in [5, 5.41) is 3.69. The highest BCUT2D eigenvalue weighted by Crippen LogP contribution is 1.93. The Morgan fingerprint density at radius 3 is 3.00 bits per heavy atom. The highest BCUT2D eigenvalue weighted by atomic mass is 15.3. The lowest BCUT2D eigenvalue weighted by Crippen LogP contribution is -1.92. The molecule has 0 aromatic carbocycles. The van der Waals surface area contributed by atoms with E-state index in [1.807, 2.05) is 0 Å². The Balaban J connectivity index is 2.52. The first-order valence-corrected chi connectivity index (χ1v) is 1.85. The molecule has 0 atom stereocenters. The van der Waals surface area contributed by atoms with Gasteiger partial charge in [-0.2, -0.15) is 5.10 Å². The van der Waals surface area contributed by atoms with Crippen LogP contribution < -0.4 is 5.43 Å². The zero-order valence-corrected chi connectivity index (χ0v) is 3.44. The van der Waals surface area contributed by atoms with E-state index >= 15 is 0 Å². The Bertz CT molecular complexity index is 83.7. The van der Waals surface area contributed by atoms with Crippen molar-refractivity contribution < 1.29 is 0 Å². The van der Waals surface area contributed by atoms with Crippen molar-refractivity contribution in [1.29, 1.82) is 0 Å². The first-order valence-electron chi connectivity index (χ1n) is 1.85. The Hall–Kier alpha value is -0.790. The molecule has 2 heteroatoms. The summed E-state index contributed by atoms with van der Waals surface area (Å²) in [4.78, 5) is 0. The summed E-state index contributed by atoms with van der Waals surface area (Å²) in [6, 6.07) is 0. The highest BCUT2D eigenvalue weighted by Gasteiger charge is 1.91. The van der Waals surface area contributed by atoms with E-state index in [2.05, 4.69) is 17.1 Å². The molecule has 0 saturated heterocycles. The van der Waals surface area contributed by atoms with Crippen LogP contribution in [0.3, 0.4) is 0 Å². The van der Waals surface area contributed by atoms with E-state index in [0.717, 1.165) is 12.1 Å². The van der Waals surface area contributed by atoms with Gasteiger partial charge in [0.1, 0.15) is 0 Å². The second-order valence-corrected chi connectivity index (χ2v) is 1.23. The van der Waals surface area contributed by atoms with Gasteiger partial charge in [-0.3, -0.25) is 5.43 Å². The Morgan fingerprint density at radius 2 is 2.83 bits per heavy atom. The number of hydrogen-bond acceptors (Lipinski definition) is 2. The van der Waals surface area contributed by atoms with Crippen LogP contribution in [-0.2, 0) is 0 Å². The van der Waals surface area contributed by atoms with Gasteiger partial charge in [-0.15, -0.1) is 0 Å². The van der Waals surface area contributed by atoms with Crippen molar-refractivity contribution in [2.24, 2.45) is 5.10 Å². The molecule has 0 spiro atoms. The van der Waals surface area contributed by atoms with Gasteiger partial charge in [0, 0.05) is 18.3 Å². The van der Waals surface area contributed by atoms with Crippen molar-refractivity contribution in [3.63, 3.8) is 0 Å². The van der Waals surface area contributed by atoms with Gasteiger partial charge in [-0.05, 0) is 0 Å². The molecule has 1 N–H and O–H groups in total. The fraction of sp³-hybridized carbons (Fsp3) is 0.250. The highest BCUT2D eigenvalue weighted by molar-refractivity contribution is 5.62. The Labute approximate surface area is 36.6 Å². The molecule has 0 saturated carbocycles. The van der Waals surface area contributed by atoms with Crippen molar-refractivity contribution in [2.75, 3.05) is 0 Å². The lowest BCUT2D eigenvalue weighted by molar-refractivity contribution is 0.931. The number of hydrazone groups is 1. The predicted molar refractivity (Wildman–Crippen MR) is 25.4 cm³/mol. The Morgan fingerprint density at radius 1 is 2.00 bits per heavy atom. The van der Waals surface area contributed by atoms with Crippen LogP contribution in [0, 0.1) is 0 Å². The SMILES string of the molecule is C=C1CC=NN1. The lowest BCUT2D eigenvalue weighted by atomic mass is 10.4. The summed E-state index contributed by atoms with van der Waals surface area (Å²) in [6.45, 7) is 3.62. The van der Waals surface area contributed by atoms with Crippen molar-refractivity contribution >= 4 is 6.21 Å². The molecule has 1 aliphatic heterocycles. The monoisotopic (exact) mass is 82.1 g/mol. The molecule has 1 heterocycles. The van der Waals surface area contributed by atoms with Gasteiger partial charge < -0.3 is 0 Å². The van der Waals surface area contributed by atoms with Gasteiger partial charge in [0.05, 0.1) is 0 Å². The van der Waals surface area contributed by atoms with Gasteiger partial charge in [-0.25, -0.2) is 0 Å². The molecule has 0 fully saturated rings. The number of nitrogens with one attached hydrogen (secondary N) is 1. The van der Waals surface area contributed by atoms with Gasteiger partial charge >= 0.3 is 0 Å². The van der Waals surface area contributed by atoms with Crippen molar-refractivity contribution in [2.45, 2.75) is 6.42 Å². The second kappa shape index (κ2) is 1.12. The molecular formula is C4H6N2. The molecule has 2 nitrogen and oxygen atoms in total. The van der Waals surface area contributed by atoms with Crippen LogP contribution in [0.1, 0.15) is 6.42 Å². The topological polar surface area (TPSA) is 24.4 Å². The number of allylic oxidation sites excluding steroid dienone is 1. The third-order valence-electron chi connectivity index (χ3n) is 0.652. The number of rotatable bonds is 0. The molecule has 0 aliphatic carbocycles. The summed E-state index contributed by atoms with van der Waals surface area (Å²) in [6.07, 6.45) is 2.68. The lowest BCUT2D eigenvalue weighted by Gasteiger charge is -1.84. The average Bonchev–Trinajstić information content (AvgIpc) is 1.86. The molecule has 0 unspecified atom stereocenters. The van der Waals surface area contributed by atoms with Crippen LogP contribution in [0.5, 0.6) is 0 Å². The summed E-state index contributed by atoms with van der Waals surface area (Å²) in [5.41, 5.74) is 3.68. The standard InChI is InChI=1S/C4H6N2/c1-4-2-3-5-6-4/h3,6H,1-2H2. The van der Waals surface area contributed by atoms with Crippen molar-refractivity contribution in [3.8, 4) is 0 Å². The third kappa shape index (κ3) is 0.407. The molecule has 0 aromatic rings. The minimum atomic E-state index is 0.889. The van der Waals surface area contributed by atoms with E-state index in [1.54, 1.807) is 6.21 Å². The van der Waals surface area contributed by atoms with E-state index in [-0.39, 0.29) is 0 Å². The van der Waals surface area contributed by atoms with E-state index in [9.17, 15) is 0 Å². The molecule has 1 rings (SSSR count). The molecule has 0 radical (unpaired) electrons. The second-order valence-electron chi connectivity index (χ2n) is 1.23. The molecule has 0 amide bonds. The van der Waals surface area contributed by atoms with Crippen LogP contribution in [-0.4, -0.2) is 6.21 Å². The predicted octanol–water partition coefficient (Wildman–Crippen LogP) is 0.479. The fourth-order valence-electron chi connectivity index (χ4n) is 0.338. The molecule has 0 aromatic heterocycles.